The summed E-state index contributed by atoms with van der Waals surface area (Å²) in [5, 5.41) is 9.96. The minimum absolute atomic E-state index is 0.131. The van der Waals surface area contributed by atoms with Gasteiger partial charge in [-0.15, -0.1) is 11.3 Å². The van der Waals surface area contributed by atoms with E-state index < -0.39 is 48.6 Å². The summed E-state index contributed by atoms with van der Waals surface area (Å²) in [5.41, 5.74) is 0.440. The fourth-order valence-corrected chi connectivity index (χ4v) is 4.94. The van der Waals surface area contributed by atoms with Gasteiger partial charge in [-0.1, -0.05) is 12.6 Å². The molecule has 0 bridgehead atoms. The first-order chi connectivity index (χ1) is 16.3. The molecule has 188 valence electrons. The van der Waals surface area contributed by atoms with Gasteiger partial charge in [0, 0.05) is 22.3 Å². The van der Waals surface area contributed by atoms with Crippen molar-refractivity contribution in [2.24, 2.45) is 15.4 Å². The Labute approximate surface area is 206 Å². The van der Waals surface area contributed by atoms with Crippen LogP contribution >= 0.6 is 11.3 Å². The van der Waals surface area contributed by atoms with Gasteiger partial charge in [-0.2, -0.15) is 4.99 Å². The molecule has 1 aromatic carbocycles. The van der Waals surface area contributed by atoms with Crippen LogP contribution in [0.5, 0.6) is 0 Å². The zero-order chi connectivity index (χ0) is 26.3. The Kier molecular flexibility index (Phi) is 7.43. The Balaban J connectivity index is 2.12. The molecule has 9 heteroatoms. The highest BCUT2D eigenvalue weighted by Gasteiger charge is 2.71. The SMILES string of the molecule is C=NC(=NC(=C(C)C)/C(F)=C(\C(=C)C)c1ccc(F)c2sc(C)c(C)c12)OCC1(CO)CC1(F)F. The number of allylic oxidation sites excluding steroid dienone is 4. The minimum Gasteiger partial charge on any atom is -0.463 e. The number of aliphatic hydroxyl groups is 1. The van der Waals surface area contributed by atoms with Gasteiger partial charge >= 0.3 is 6.02 Å². The van der Waals surface area contributed by atoms with Crippen molar-refractivity contribution in [3.63, 3.8) is 0 Å². The highest BCUT2D eigenvalue weighted by molar-refractivity contribution is 7.19. The third kappa shape index (κ3) is 4.84. The van der Waals surface area contributed by atoms with E-state index >= 15 is 4.39 Å². The van der Waals surface area contributed by atoms with Gasteiger partial charge in [0.05, 0.1) is 16.7 Å². The summed E-state index contributed by atoms with van der Waals surface area (Å²) in [6.07, 6.45) is -0.523. The van der Waals surface area contributed by atoms with Gasteiger partial charge < -0.3 is 9.84 Å². The fourth-order valence-electron chi connectivity index (χ4n) is 3.84. The number of aryl methyl sites for hydroxylation is 2. The van der Waals surface area contributed by atoms with E-state index in [1.54, 1.807) is 20.8 Å². The second-order valence-corrected chi connectivity index (χ2v) is 10.3. The van der Waals surface area contributed by atoms with Crippen molar-refractivity contribution in [1.29, 1.82) is 0 Å². The first-order valence-corrected chi connectivity index (χ1v) is 11.7. The Morgan fingerprint density at radius 1 is 1.23 bits per heavy atom. The van der Waals surface area contributed by atoms with Crippen molar-refractivity contribution >= 4 is 39.7 Å². The second-order valence-electron chi connectivity index (χ2n) is 9.06. The Morgan fingerprint density at radius 3 is 2.34 bits per heavy atom. The number of nitrogens with zero attached hydrogens (tertiary/aromatic N) is 2. The van der Waals surface area contributed by atoms with Crippen molar-refractivity contribution in [3.05, 3.63) is 63.2 Å². The van der Waals surface area contributed by atoms with E-state index in [0.29, 0.717) is 26.8 Å². The smallest absolute Gasteiger partial charge is 0.316 e. The number of hydrogen-bond donors (Lipinski definition) is 1. The van der Waals surface area contributed by atoms with Crippen LogP contribution in [-0.2, 0) is 4.74 Å². The Morgan fingerprint density at radius 2 is 1.86 bits per heavy atom. The number of benzene rings is 1. The molecule has 1 atom stereocenters. The molecule has 0 radical (unpaired) electrons. The van der Waals surface area contributed by atoms with E-state index in [2.05, 4.69) is 23.3 Å². The second kappa shape index (κ2) is 9.70. The molecule has 1 heterocycles. The lowest BCUT2D eigenvalue weighted by molar-refractivity contribution is 0.0115. The molecular formula is C26H28F4N2O2S. The number of aliphatic imine (C=N–C) groups is 2. The molecule has 1 aliphatic rings. The summed E-state index contributed by atoms with van der Waals surface area (Å²) < 4.78 is 63.7. The number of halogens is 4. The summed E-state index contributed by atoms with van der Waals surface area (Å²) in [6, 6.07) is 2.40. The van der Waals surface area contributed by atoms with E-state index in [9.17, 15) is 18.3 Å². The van der Waals surface area contributed by atoms with Crippen LogP contribution in [0.15, 0.2) is 51.4 Å². The van der Waals surface area contributed by atoms with Crippen molar-refractivity contribution in [2.75, 3.05) is 13.2 Å². The molecular weight excluding hydrogens is 480 g/mol. The molecule has 0 amide bonds. The lowest BCUT2D eigenvalue weighted by Gasteiger charge is -2.16. The van der Waals surface area contributed by atoms with E-state index in [1.807, 2.05) is 13.8 Å². The average Bonchev–Trinajstić information content (AvgIpc) is 3.21. The van der Waals surface area contributed by atoms with Gasteiger partial charge in [-0.3, -0.25) is 0 Å². The molecule has 35 heavy (non-hydrogen) atoms. The van der Waals surface area contributed by atoms with Gasteiger partial charge in [0.1, 0.15) is 18.1 Å². The summed E-state index contributed by atoms with van der Waals surface area (Å²) in [7, 11) is 0. The summed E-state index contributed by atoms with van der Waals surface area (Å²) in [6.45, 7) is 14.6. The largest absolute Gasteiger partial charge is 0.463 e. The van der Waals surface area contributed by atoms with Crippen LogP contribution in [0.1, 0.15) is 43.2 Å². The first-order valence-electron chi connectivity index (χ1n) is 10.9. The monoisotopic (exact) mass is 508 g/mol. The van der Waals surface area contributed by atoms with Gasteiger partial charge in [-0.25, -0.2) is 22.6 Å². The standard InChI is InChI=1S/C26H28F4N2O2S/c1-13(2)19(17-8-9-18(27)23-20(17)15(5)16(6)35-23)21(28)22(14(3)4)32-24(31-7)34-12-25(11-33)10-26(25,29)30/h8-9,33H,1,7,10-12H2,2-6H3/b21-19-,32-24?. The van der Waals surface area contributed by atoms with E-state index in [-0.39, 0.29) is 11.3 Å². The Bertz CT molecular complexity index is 1300. The quantitative estimate of drug-likeness (QED) is 0.185. The summed E-state index contributed by atoms with van der Waals surface area (Å²) >= 11 is 1.29. The van der Waals surface area contributed by atoms with Crippen molar-refractivity contribution in [1.82, 2.24) is 0 Å². The van der Waals surface area contributed by atoms with Crippen molar-refractivity contribution in [3.8, 4) is 0 Å². The molecule has 4 nitrogen and oxygen atoms in total. The maximum atomic E-state index is 16.1. The number of fused-ring (bicyclic) bond motifs is 1. The highest BCUT2D eigenvalue weighted by atomic mass is 32.1. The normalized spacial score (nSPS) is 19.9. The van der Waals surface area contributed by atoms with E-state index in [4.69, 9.17) is 4.74 Å². The number of ether oxygens (including phenoxy) is 1. The molecule has 1 saturated carbocycles. The molecule has 1 aromatic heterocycles. The predicted octanol–water partition coefficient (Wildman–Crippen LogP) is 7.30. The van der Waals surface area contributed by atoms with E-state index in [0.717, 1.165) is 10.4 Å². The maximum Gasteiger partial charge on any atom is 0.316 e. The van der Waals surface area contributed by atoms with Crippen LogP contribution in [0.4, 0.5) is 17.6 Å². The van der Waals surface area contributed by atoms with E-state index in [1.165, 1.54) is 23.5 Å². The number of amidine groups is 1. The predicted molar refractivity (Wildman–Crippen MR) is 134 cm³/mol. The van der Waals surface area contributed by atoms with Gasteiger partial charge in [0.15, 0.2) is 5.83 Å². The maximum absolute atomic E-state index is 16.1. The van der Waals surface area contributed by atoms with Crippen LogP contribution < -0.4 is 0 Å². The van der Waals surface area contributed by atoms with Gasteiger partial charge in [0.2, 0.25) is 0 Å². The zero-order valence-corrected chi connectivity index (χ0v) is 21.2. The fraction of sp³-hybridized carbons (Fsp3) is 0.385. The van der Waals surface area contributed by atoms with Crippen LogP contribution in [0, 0.1) is 25.1 Å². The molecule has 2 aromatic rings. The lowest BCUT2D eigenvalue weighted by atomic mass is 9.93. The third-order valence-corrected chi connectivity index (χ3v) is 7.41. The molecule has 0 aliphatic heterocycles. The van der Waals surface area contributed by atoms with Crippen molar-refractivity contribution < 1.29 is 27.4 Å². The molecule has 3 rings (SSSR count). The molecule has 1 fully saturated rings. The zero-order valence-electron chi connectivity index (χ0n) is 20.4. The highest BCUT2D eigenvalue weighted by Crippen LogP contribution is 2.60. The summed E-state index contributed by atoms with van der Waals surface area (Å²) in [4.78, 5) is 8.66. The molecule has 1 N–H and O–H groups in total. The average molecular weight is 509 g/mol. The lowest BCUT2D eigenvalue weighted by Crippen LogP contribution is -2.24. The third-order valence-electron chi connectivity index (χ3n) is 6.20. The first kappa shape index (κ1) is 26.8. The van der Waals surface area contributed by atoms with Crippen LogP contribution in [-0.4, -0.2) is 37.0 Å². The number of alkyl halides is 2. The topological polar surface area (TPSA) is 54.2 Å². The number of thiophene rings is 1. The molecule has 1 unspecified atom stereocenters. The minimum atomic E-state index is -3.06. The number of hydrogen-bond acceptors (Lipinski definition) is 4. The Hall–Kier alpha value is -2.78. The van der Waals surface area contributed by atoms with Gasteiger partial charge in [0.25, 0.3) is 5.92 Å². The van der Waals surface area contributed by atoms with Crippen LogP contribution in [0.2, 0.25) is 0 Å². The molecule has 0 spiro atoms. The molecule has 1 aliphatic carbocycles. The summed E-state index contributed by atoms with van der Waals surface area (Å²) in [5.74, 6) is -4.20. The number of aliphatic hydroxyl groups excluding tert-OH is 1. The van der Waals surface area contributed by atoms with Crippen LogP contribution in [0.3, 0.4) is 0 Å². The van der Waals surface area contributed by atoms with Crippen LogP contribution in [0.25, 0.3) is 15.7 Å². The molecule has 0 saturated heterocycles. The van der Waals surface area contributed by atoms with Gasteiger partial charge in [-0.05, 0) is 69.7 Å². The number of rotatable bonds is 7. The van der Waals surface area contributed by atoms with Crippen molar-refractivity contribution in [2.45, 2.75) is 47.0 Å².